The molecule has 2 aromatic rings. The lowest BCUT2D eigenvalue weighted by atomic mass is 10.0. The van der Waals surface area contributed by atoms with E-state index in [-0.39, 0.29) is 5.71 Å². The summed E-state index contributed by atoms with van der Waals surface area (Å²) in [7, 11) is 0. The van der Waals surface area contributed by atoms with Gasteiger partial charge < -0.3 is 24.9 Å². The van der Waals surface area contributed by atoms with Gasteiger partial charge in [0.15, 0.2) is 0 Å². The molecule has 0 bridgehead atoms. The van der Waals surface area contributed by atoms with Gasteiger partial charge in [-0.25, -0.2) is 0 Å². The molecule has 0 radical (unpaired) electrons. The Morgan fingerprint density at radius 3 is 2.42 bits per heavy atom. The monoisotopic (exact) mass is 435 g/mol. The van der Waals surface area contributed by atoms with E-state index in [0.29, 0.717) is 18.7 Å². The summed E-state index contributed by atoms with van der Waals surface area (Å²) in [5.74, 6) is -3.25. The van der Waals surface area contributed by atoms with Crippen molar-refractivity contribution in [3.63, 3.8) is 0 Å². The van der Waals surface area contributed by atoms with Crippen molar-refractivity contribution in [2.45, 2.75) is 31.5 Å². The fourth-order valence-corrected chi connectivity index (χ4v) is 3.66. The Morgan fingerprint density at radius 1 is 1.03 bits per heavy atom. The molecule has 31 heavy (non-hydrogen) atoms. The van der Waals surface area contributed by atoms with Gasteiger partial charge in [0.1, 0.15) is 0 Å². The van der Waals surface area contributed by atoms with E-state index in [1.54, 1.807) is 12.1 Å². The van der Waals surface area contributed by atoms with Crippen molar-refractivity contribution in [1.29, 1.82) is 0 Å². The Balaban J connectivity index is 1.33. The minimum absolute atomic E-state index is 0.0683. The normalized spacial score (nSPS) is 21.7. The van der Waals surface area contributed by atoms with Gasteiger partial charge in [0.05, 0.1) is 25.3 Å². The van der Waals surface area contributed by atoms with Crippen LogP contribution in [0.3, 0.4) is 0 Å². The molecule has 0 spiro atoms. The molecule has 4 rings (SSSR count). The minimum atomic E-state index is -4.90. The van der Waals surface area contributed by atoms with Crippen LogP contribution in [0.4, 0.5) is 18.9 Å². The zero-order valence-electron chi connectivity index (χ0n) is 16.9. The number of hydrogen-bond acceptors (Lipinski definition) is 6. The number of benzene rings is 2. The molecule has 166 valence electrons. The molecule has 0 saturated carbocycles. The number of nitrogens with zero attached hydrogens (tertiary/aromatic N) is 2. The van der Waals surface area contributed by atoms with Crippen molar-refractivity contribution in [2.24, 2.45) is 5.16 Å². The van der Waals surface area contributed by atoms with Crippen LogP contribution in [0.5, 0.6) is 0 Å². The van der Waals surface area contributed by atoms with E-state index in [1.807, 2.05) is 24.3 Å². The number of anilines is 1. The van der Waals surface area contributed by atoms with E-state index in [0.717, 1.165) is 31.9 Å². The number of rotatable bonds is 6. The van der Waals surface area contributed by atoms with Gasteiger partial charge in [-0.3, -0.25) is 0 Å². The molecule has 2 N–H and O–H groups in total. The molecule has 2 aliphatic heterocycles. The molecule has 1 atom stereocenters. The molecule has 1 saturated heterocycles. The predicted molar refractivity (Wildman–Crippen MR) is 110 cm³/mol. The third kappa shape index (κ3) is 4.84. The van der Waals surface area contributed by atoms with Gasteiger partial charge in [-0.05, 0) is 22.8 Å². The topological polar surface area (TPSA) is 66.3 Å². The van der Waals surface area contributed by atoms with Gasteiger partial charge in [0.2, 0.25) is 0 Å². The largest absolute Gasteiger partial charge is 0.458 e. The summed E-state index contributed by atoms with van der Waals surface area (Å²) in [5.41, 5.74) is 3.94. The first-order chi connectivity index (χ1) is 14.9. The summed E-state index contributed by atoms with van der Waals surface area (Å²) >= 11 is 0. The summed E-state index contributed by atoms with van der Waals surface area (Å²) in [6, 6.07) is 15.3. The van der Waals surface area contributed by atoms with Crippen molar-refractivity contribution in [3.05, 3.63) is 65.2 Å². The zero-order valence-corrected chi connectivity index (χ0v) is 16.9. The van der Waals surface area contributed by atoms with E-state index in [4.69, 9.17) is 4.74 Å². The summed E-state index contributed by atoms with van der Waals surface area (Å²) in [6.07, 6.45) is -5.63. The zero-order chi connectivity index (χ0) is 21.9. The molecule has 6 nitrogen and oxygen atoms in total. The maximum absolute atomic E-state index is 12.9. The van der Waals surface area contributed by atoms with Gasteiger partial charge in [0.25, 0.3) is 0 Å². The standard InChI is InChI=1S/C22H24F3N3O3/c23-22(24,25)21(29)13-19(27-31-21)17-7-5-16(6-8-17)14-26-15-18-3-1-2-4-20(18)28-9-11-30-12-10-28/h1-8,26,29H,9-15H2. The first-order valence-electron chi connectivity index (χ1n) is 10.1. The van der Waals surface area contributed by atoms with Crippen LogP contribution in [0.25, 0.3) is 0 Å². The molecule has 2 heterocycles. The Labute approximate surface area is 178 Å². The molecular weight excluding hydrogens is 411 g/mol. The van der Waals surface area contributed by atoms with Gasteiger partial charge in [-0.2, -0.15) is 13.2 Å². The SMILES string of the molecule is OC1(C(F)(F)F)CC(c2ccc(CNCc3ccccc3N3CCOCC3)cc2)=NO1. The molecule has 2 aliphatic rings. The third-order valence-corrected chi connectivity index (χ3v) is 5.43. The van der Waals surface area contributed by atoms with Crippen LogP contribution in [-0.4, -0.2) is 49.1 Å². The quantitative estimate of drug-likeness (QED) is 0.730. The number of hydrogen-bond donors (Lipinski definition) is 2. The summed E-state index contributed by atoms with van der Waals surface area (Å²) in [5, 5.41) is 16.4. The maximum atomic E-state index is 12.9. The van der Waals surface area contributed by atoms with E-state index >= 15 is 0 Å². The molecule has 1 unspecified atom stereocenters. The second kappa shape index (κ2) is 8.86. The van der Waals surface area contributed by atoms with Gasteiger partial charge in [-0.1, -0.05) is 47.6 Å². The number of halogens is 3. The third-order valence-electron chi connectivity index (χ3n) is 5.43. The summed E-state index contributed by atoms with van der Waals surface area (Å²) in [4.78, 5) is 6.59. The van der Waals surface area contributed by atoms with Crippen molar-refractivity contribution in [2.75, 3.05) is 31.2 Å². The van der Waals surface area contributed by atoms with Crippen LogP contribution in [0, 0.1) is 0 Å². The highest BCUT2D eigenvalue weighted by molar-refractivity contribution is 6.01. The van der Waals surface area contributed by atoms with Crippen LogP contribution in [0.15, 0.2) is 53.7 Å². The van der Waals surface area contributed by atoms with Crippen LogP contribution in [0.1, 0.15) is 23.1 Å². The molecule has 9 heteroatoms. The van der Waals surface area contributed by atoms with E-state index < -0.39 is 18.4 Å². The van der Waals surface area contributed by atoms with E-state index in [9.17, 15) is 18.3 Å². The van der Waals surface area contributed by atoms with Crippen LogP contribution in [-0.2, 0) is 22.7 Å². The number of morpholine rings is 1. The predicted octanol–water partition coefficient (Wildman–Crippen LogP) is 3.19. The molecule has 0 aliphatic carbocycles. The fourth-order valence-electron chi connectivity index (χ4n) is 3.66. The van der Waals surface area contributed by atoms with Crippen LogP contribution in [0.2, 0.25) is 0 Å². The second-order valence-corrected chi connectivity index (χ2v) is 7.62. The molecule has 0 amide bonds. The maximum Gasteiger partial charge on any atom is 0.458 e. The van der Waals surface area contributed by atoms with Gasteiger partial charge in [-0.15, -0.1) is 0 Å². The van der Waals surface area contributed by atoms with Gasteiger partial charge >= 0.3 is 12.0 Å². The molecule has 2 aromatic carbocycles. The summed E-state index contributed by atoms with van der Waals surface area (Å²) in [6.45, 7) is 4.49. The number of aliphatic hydroxyl groups is 1. The Bertz CT molecular complexity index is 928. The first kappa shape index (κ1) is 21.6. The Hall–Kier alpha value is -2.62. The lowest BCUT2D eigenvalue weighted by Gasteiger charge is -2.30. The molecular formula is C22H24F3N3O3. The molecule has 0 aromatic heterocycles. The highest BCUT2D eigenvalue weighted by Crippen LogP contribution is 2.38. The van der Waals surface area contributed by atoms with Crippen LogP contribution < -0.4 is 10.2 Å². The number of ether oxygens (including phenoxy) is 1. The number of alkyl halides is 3. The fraction of sp³-hybridized carbons (Fsp3) is 0.409. The minimum Gasteiger partial charge on any atom is -0.378 e. The Kier molecular flexibility index (Phi) is 6.17. The van der Waals surface area contributed by atoms with Gasteiger partial charge in [0, 0.05) is 31.9 Å². The van der Waals surface area contributed by atoms with Crippen LogP contribution >= 0.6 is 0 Å². The number of oxime groups is 1. The van der Waals surface area contributed by atoms with E-state index in [1.165, 1.54) is 11.3 Å². The average Bonchev–Trinajstić information content (AvgIpc) is 3.19. The van der Waals surface area contributed by atoms with Crippen molar-refractivity contribution in [1.82, 2.24) is 5.32 Å². The van der Waals surface area contributed by atoms with Crippen molar-refractivity contribution < 1.29 is 27.9 Å². The molecule has 1 fully saturated rings. The van der Waals surface area contributed by atoms with Crippen molar-refractivity contribution >= 4 is 11.4 Å². The lowest BCUT2D eigenvalue weighted by Crippen LogP contribution is -2.45. The average molecular weight is 435 g/mol. The lowest BCUT2D eigenvalue weighted by molar-refractivity contribution is -0.355. The highest BCUT2D eigenvalue weighted by atomic mass is 19.4. The first-order valence-corrected chi connectivity index (χ1v) is 10.1. The second-order valence-electron chi connectivity index (χ2n) is 7.62. The number of para-hydroxylation sites is 1. The smallest absolute Gasteiger partial charge is 0.378 e. The number of nitrogens with one attached hydrogen (secondary N) is 1. The highest BCUT2D eigenvalue weighted by Gasteiger charge is 2.60. The van der Waals surface area contributed by atoms with Crippen molar-refractivity contribution in [3.8, 4) is 0 Å². The summed E-state index contributed by atoms with van der Waals surface area (Å²) < 4.78 is 44.0. The Morgan fingerprint density at radius 2 is 1.74 bits per heavy atom. The van der Waals surface area contributed by atoms with E-state index in [2.05, 4.69) is 32.3 Å².